The highest BCUT2D eigenvalue weighted by Crippen LogP contribution is 2.27. The van der Waals surface area contributed by atoms with E-state index in [0.717, 1.165) is 24.4 Å². The summed E-state index contributed by atoms with van der Waals surface area (Å²) in [6, 6.07) is -0.102. The summed E-state index contributed by atoms with van der Waals surface area (Å²) in [6.45, 7) is 0.234. The number of rotatable bonds is 5. The quantitative estimate of drug-likeness (QED) is 0.819. The number of aromatic nitrogens is 2. The summed E-state index contributed by atoms with van der Waals surface area (Å²) in [5.74, 6) is -0.900. The second kappa shape index (κ2) is 5.09. The molecular weight excluding hydrogens is 244 g/mol. The van der Waals surface area contributed by atoms with E-state index in [-0.39, 0.29) is 25.0 Å². The van der Waals surface area contributed by atoms with E-state index in [0.29, 0.717) is 5.00 Å². The summed E-state index contributed by atoms with van der Waals surface area (Å²) in [5.41, 5.74) is 0. The second-order valence-corrected chi connectivity index (χ2v) is 4.57. The molecule has 0 aliphatic heterocycles. The van der Waals surface area contributed by atoms with E-state index in [4.69, 9.17) is 5.11 Å². The smallest absolute Gasteiger partial charge is 0.322 e. The van der Waals surface area contributed by atoms with Crippen LogP contribution >= 0.6 is 11.5 Å². The van der Waals surface area contributed by atoms with Gasteiger partial charge in [0, 0.05) is 24.1 Å². The third-order valence-electron chi connectivity index (χ3n) is 2.41. The number of carbonyl (C=O) groups excluding carboxylic acids is 1. The normalized spacial score (nSPS) is 14.4. The lowest BCUT2D eigenvalue weighted by Gasteiger charge is -2.21. The molecule has 1 aliphatic rings. The molecule has 1 fully saturated rings. The number of anilines is 1. The van der Waals surface area contributed by atoms with E-state index in [9.17, 15) is 9.59 Å². The van der Waals surface area contributed by atoms with Gasteiger partial charge in [0.1, 0.15) is 5.00 Å². The first-order chi connectivity index (χ1) is 8.16. The van der Waals surface area contributed by atoms with Crippen LogP contribution in [0.2, 0.25) is 0 Å². The van der Waals surface area contributed by atoms with Crippen LogP contribution in [-0.4, -0.2) is 44.2 Å². The number of urea groups is 1. The van der Waals surface area contributed by atoms with Gasteiger partial charge in [0.25, 0.3) is 0 Å². The lowest BCUT2D eigenvalue weighted by molar-refractivity contribution is -0.137. The predicted molar refractivity (Wildman–Crippen MR) is 60.9 cm³/mol. The largest absolute Gasteiger partial charge is 0.481 e. The highest BCUT2D eigenvalue weighted by atomic mass is 32.1. The van der Waals surface area contributed by atoms with Crippen molar-refractivity contribution in [2.24, 2.45) is 0 Å². The number of carbonyl (C=O) groups is 2. The van der Waals surface area contributed by atoms with Crippen molar-refractivity contribution in [3.8, 4) is 0 Å². The second-order valence-electron chi connectivity index (χ2n) is 3.78. The molecule has 0 unspecified atom stereocenters. The first kappa shape index (κ1) is 11.8. The van der Waals surface area contributed by atoms with Crippen LogP contribution in [0.3, 0.4) is 0 Å². The van der Waals surface area contributed by atoms with E-state index in [2.05, 4.69) is 14.9 Å². The third kappa shape index (κ3) is 3.38. The van der Waals surface area contributed by atoms with Crippen molar-refractivity contribution >= 4 is 28.5 Å². The molecule has 17 heavy (non-hydrogen) atoms. The average molecular weight is 256 g/mol. The van der Waals surface area contributed by atoms with Gasteiger partial charge in [0.2, 0.25) is 0 Å². The van der Waals surface area contributed by atoms with Crippen molar-refractivity contribution in [2.45, 2.75) is 25.3 Å². The molecule has 2 amide bonds. The van der Waals surface area contributed by atoms with Gasteiger partial charge in [-0.25, -0.2) is 4.79 Å². The van der Waals surface area contributed by atoms with E-state index in [1.54, 1.807) is 4.90 Å². The number of nitrogens with zero attached hydrogens (tertiary/aromatic N) is 3. The topological polar surface area (TPSA) is 95.4 Å². The highest BCUT2D eigenvalue weighted by Gasteiger charge is 2.32. The lowest BCUT2D eigenvalue weighted by Crippen LogP contribution is -2.38. The van der Waals surface area contributed by atoms with Gasteiger partial charge >= 0.3 is 12.0 Å². The fourth-order valence-electron chi connectivity index (χ4n) is 1.45. The number of hydrogen-bond acceptors (Lipinski definition) is 5. The maximum atomic E-state index is 11.9. The summed E-state index contributed by atoms with van der Waals surface area (Å²) < 4.78 is 3.63. The van der Waals surface area contributed by atoms with Gasteiger partial charge < -0.3 is 10.0 Å². The first-order valence-electron chi connectivity index (χ1n) is 5.23. The fraction of sp³-hybridized carbons (Fsp3) is 0.556. The zero-order chi connectivity index (χ0) is 12.3. The van der Waals surface area contributed by atoms with E-state index < -0.39 is 5.97 Å². The van der Waals surface area contributed by atoms with Gasteiger partial charge in [0.15, 0.2) is 0 Å². The van der Waals surface area contributed by atoms with E-state index in [1.165, 1.54) is 6.20 Å². The molecule has 0 saturated heterocycles. The van der Waals surface area contributed by atoms with Gasteiger partial charge in [-0.15, -0.1) is 5.10 Å². The zero-order valence-corrected chi connectivity index (χ0v) is 9.81. The number of amides is 2. The average Bonchev–Trinajstić information content (AvgIpc) is 2.97. The van der Waals surface area contributed by atoms with Gasteiger partial charge in [0.05, 0.1) is 12.6 Å². The van der Waals surface area contributed by atoms with Crippen molar-refractivity contribution in [1.82, 2.24) is 14.5 Å². The molecular formula is C9H12N4O3S. The number of carboxylic acids is 1. The predicted octanol–water partition coefficient (Wildman–Crippen LogP) is 1.01. The lowest BCUT2D eigenvalue weighted by atomic mass is 10.4. The van der Waals surface area contributed by atoms with Crippen LogP contribution in [0.25, 0.3) is 0 Å². The summed E-state index contributed by atoms with van der Waals surface area (Å²) in [4.78, 5) is 24.0. The molecule has 1 aliphatic carbocycles. The Morgan fingerprint density at radius 3 is 2.88 bits per heavy atom. The van der Waals surface area contributed by atoms with Crippen LogP contribution in [0, 0.1) is 0 Å². The van der Waals surface area contributed by atoms with Crippen LogP contribution in [-0.2, 0) is 4.79 Å². The van der Waals surface area contributed by atoms with E-state index in [1.807, 2.05) is 0 Å². The van der Waals surface area contributed by atoms with Crippen molar-refractivity contribution in [2.75, 3.05) is 11.9 Å². The molecule has 0 radical (unpaired) electrons. The minimum Gasteiger partial charge on any atom is -0.481 e. The Kier molecular flexibility index (Phi) is 3.52. The van der Waals surface area contributed by atoms with Gasteiger partial charge in [-0.1, -0.05) is 4.49 Å². The van der Waals surface area contributed by atoms with Crippen LogP contribution in [0.15, 0.2) is 6.20 Å². The minimum atomic E-state index is -0.900. The summed E-state index contributed by atoms with van der Waals surface area (Å²) in [6.07, 6.45) is 3.30. The third-order valence-corrected chi connectivity index (χ3v) is 2.99. The van der Waals surface area contributed by atoms with Crippen molar-refractivity contribution in [1.29, 1.82) is 0 Å². The monoisotopic (exact) mass is 256 g/mol. The Morgan fingerprint density at radius 2 is 2.35 bits per heavy atom. The molecule has 2 N–H and O–H groups in total. The molecule has 7 nitrogen and oxygen atoms in total. The highest BCUT2D eigenvalue weighted by molar-refractivity contribution is 7.10. The minimum absolute atomic E-state index is 0.0368. The molecule has 92 valence electrons. The van der Waals surface area contributed by atoms with Crippen molar-refractivity contribution < 1.29 is 14.7 Å². The number of nitrogens with one attached hydrogen (secondary N) is 1. The SMILES string of the molecule is O=C(O)CCN(C(=O)Nc1cnns1)C1CC1. The molecule has 0 bridgehead atoms. The summed E-state index contributed by atoms with van der Waals surface area (Å²) in [5, 5.41) is 15.5. The summed E-state index contributed by atoms with van der Waals surface area (Å²) in [7, 11) is 0. The van der Waals surface area contributed by atoms with Crippen LogP contribution in [0.4, 0.5) is 9.80 Å². The Morgan fingerprint density at radius 1 is 1.59 bits per heavy atom. The molecule has 1 heterocycles. The molecule has 0 aromatic carbocycles. The standard InChI is InChI=1S/C9H12N4O3S/c14-8(15)3-4-13(6-1-2-6)9(16)11-7-5-10-12-17-7/h5-6H,1-4H2,(H,11,16)(H,14,15). The Labute approximate surface area is 102 Å². The first-order valence-corrected chi connectivity index (χ1v) is 6.01. The molecule has 1 aromatic rings. The molecule has 1 saturated carbocycles. The molecule has 0 atom stereocenters. The van der Waals surface area contributed by atoms with Crippen LogP contribution in [0.1, 0.15) is 19.3 Å². The van der Waals surface area contributed by atoms with Gasteiger partial charge in [-0.2, -0.15) is 0 Å². The van der Waals surface area contributed by atoms with Crippen LogP contribution in [0.5, 0.6) is 0 Å². The maximum absolute atomic E-state index is 11.9. The molecule has 1 aromatic heterocycles. The van der Waals surface area contributed by atoms with Crippen molar-refractivity contribution in [3.05, 3.63) is 6.20 Å². The van der Waals surface area contributed by atoms with Gasteiger partial charge in [-0.3, -0.25) is 10.1 Å². The fourth-order valence-corrected chi connectivity index (χ4v) is 1.86. The zero-order valence-electron chi connectivity index (χ0n) is 9.00. The molecule has 8 heteroatoms. The van der Waals surface area contributed by atoms with Crippen molar-refractivity contribution in [3.63, 3.8) is 0 Å². The number of hydrogen-bond donors (Lipinski definition) is 2. The molecule has 2 rings (SSSR count). The number of aliphatic carboxylic acids is 1. The van der Waals surface area contributed by atoms with Crippen LogP contribution < -0.4 is 5.32 Å². The number of carboxylic acid groups (broad SMARTS) is 1. The Hall–Kier alpha value is -1.70. The Balaban J connectivity index is 1.91. The Bertz CT molecular complexity index is 404. The molecule has 0 spiro atoms. The van der Waals surface area contributed by atoms with E-state index >= 15 is 0 Å². The maximum Gasteiger partial charge on any atom is 0.322 e. The van der Waals surface area contributed by atoms with Gasteiger partial charge in [-0.05, 0) is 12.8 Å². The summed E-state index contributed by atoms with van der Waals surface area (Å²) >= 11 is 1.09.